The van der Waals surface area contributed by atoms with Gasteiger partial charge < -0.3 is 14.2 Å². The standard InChI is InChI=1S/C25H25ClN2O4/c1-17-7-6-10-22(18(17)2)32-16-25(29)28-27-14-19-11-12-23(24(13-19)30-3)31-15-20-8-4-5-9-21(20)26/h4-14H,15-16H2,1-3H3,(H,28,29)/b27-14+. The summed E-state index contributed by atoms with van der Waals surface area (Å²) in [4.78, 5) is 12.0. The summed E-state index contributed by atoms with van der Waals surface area (Å²) in [5.74, 6) is 1.45. The molecular formula is C25H25ClN2O4. The van der Waals surface area contributed by atoms with Crippen molar-refractivity contribution in [3.8, 4) is 17.2 Å². The molecular weight excluding hydrogens is 428 g/mol. The summed E-state index contributed by atoms with van der Waals surface area (Å²) in [6, 6.07) is 18.6. The first-order chi connectivity index (χ1) is 15.5. The van der Waals surface area contributed by atoms with Gasteiger partial charge in [-0.2, -0.15) is 5.10 Å². The average Bonchev–Trinajstić information content (AvgIpc) is 2.80. The minimum atomic E-state index is -0.353. The summed E-state index contributed by atoms with van der Waals surface area (Å²) < 4.78 is 16.8. The minimum Gasteiger partial charge on any atom is -0.493 e. The third-order valence-electron chi connectivity index (χ3n) is 4.85. The highest BCUT2D eigenvalue weighted by Crippen LogP contribution is 2.29. The predicted octanol–water partition coefficient (Wildman–Crippen LogP) is 5.07. The zero-order valence-electron chi connectivity index (χ0n) is 18.2. The Bertz CT molecular complexity index is 1110. The molecule has 0 atom stereocenters. The van der Waals surface area contributed by atoms with E-state index in [0.29, 0.717) is 28.9 Å². The average molecular weight is 453 g/mol. The number of ether oxygens (including phenoxy) is 3. The van der Waals surface area contributed by atoms with Gasteiger partial charge in [0.2, 0.25) is 0 Å². The van der Waals surface area contributed by atoms with Crippen molar-refractivity contribution in [3.63, 3.8) is 0 Å². The van der Waals surface area contributed by atoms with E-state index >= 15 is 0 Å². The highest BCUT2D eigenvalue weighted by Gasteiger charge is 2.08. The van der Waals surface area contributed by atoms with E-state index in [2.05, 4.69) is 10.5 Å². The van der Waals surface area contributed by atoms with Crippen molar-refractivity contribution in [2.45, 2.75) is 20.5 Å². The Hall–Kier alpha value is -3.51. The fourth-order valence-corrected chi connectivity index (χ4v) is 3.08. The molecule has 0 fully saturated rings. The van der Waals surface area contributed by atoms with Gasteiger partial charge in [-0.3, -0.25) is 4.79 Å². The molecule has 0 aliphatic heterocycles. The fourth-order valence-electron chi connectivity index (χ4n) is 2.89. The first-order valence-electron chi connectivity index (χ1n) is 10.0. The summed E-state index contributed by atoms with van der Waals surface area (Å²) in [5, 5.41) is 4.63. The van der Waals surface area contributed by atoms with E-state index in [4.69, 9.17) is 25.8 Å². The number of hydrogen-bond acceptors (Lipinski definition) is 5. The van der Waals surface area contributed by atoms with Crippen LogP contribution in [-0.2, 0) is 11.4 Å². The number of nitrogens with zero attached hydrogens (tertiary/aromatic N) is 1. The lowest BCUT2D eigenvalue weighted by molar-refractivity contribution is -0.123. The summed E-state index contributed by atoms with van der Waals surface area (Å²) in [6.07, 6.45) is 1.52. The molecule has 0 radical (unpaired) electrons. The van der Waals surface area contributed by atoms with Crippen LogP contribution in [0.3, 0.4) is 0 Å². The van der Waals surface area contributed by atoms with Crippen LogP contribution in [-0.4, -0.2) is 25.8 Å². The molecule has 0 bridgehead atoms. The van der Waals surface area contributed by atoms with Gasteiger partial charge in [0.15, 0.2) is 18.1 Å². The number of amides is 1. The van der Waals surface area contributed by atoms with Gasteiger partial charge in [-0.15, -0.1) is 0 Å². The highest BCUT2D eigenvalue weighted by molar-refractivity contribution is 6.31. The number of aryl methyl sites for hydroxylation is 1. The molecule has 3 rings (SSSR count). The molecule has 7 heteroatoms. The smallest absolute Gasteiger partial charge is 0.277 e. The molecule has 0 saturated carbocycles. The molecule has 0 aliphatic carbocycles. The molecule has 0 saturated heterocycles. The molecule has 1 N–H and O–H groups in total. The largest absolute Gasteiger partial charge is 0.493 e. The monoisotopic (exact) mass is 452 g/mol. The molecule has 166 valence electrons. The fraction of sp³-hybridized carbons (Fsp3) is 0.200. The molecule has 0 aliphatic rings. The van der Waals surface area contributed by atoms with Gasteiger partial charge in [0.05, 0.1) is 13.3 Å². The first-order valence-corrected chi connectivity index (χ1v) is 10.4. The van der Waals surface area contributed by atoms with Crippen LogP contribution in [0.4, 0.5) is 0 Å². The third-order valence-corrected chi connectivity index (χ3v) is 5.21. The lowest BCUT2D eigenvalue weighted by Crippen LogP contribution is -2.24. The number of benzene rings is 3. The van der Waals surface area contributed by atoms with Crippen LogP contribution >= 0.6 is 11.6 Å². The SMILES string of the molecule is COc1cc(/C=N/NC(=O)COc2cccc(C)c2C)ccc1OCc1ccccc1Cl. The number of nitrogens with one attached hydrogen (secondary N) is 1. The van der Waals surface area contributed by atoms with Crippen molar-refractivity contribution in [3.05, 3.63) is 87.9 Å². The molecule has 6 nitrogen and oxygen atoms in total. The highest BCUT2D eigenvalue weighted by atomic mass is 35.5. The van der Waals surface area contributed by atoms with Crippen molar-refractivity contribution >= 4 is 23.7 Å². The van der Waals surface area contributed by atoms with Crippen LogP contribution in [0.25, 0.3) is 0 Å². The van der Waals surface area contributed by atoms with Gasteiger partial charge in [-0.05, 0) is 60.9 Å². The maximum Gasteiger partial charge on any atom is 0.277 e. The van der Waals surface area contributed by atoms with Gasteiger partial charge in [0.1, 0.15) is 12.4 Å². The van der Waals surface area contributed by atoms with E-state index in [1.165, 1.54) is 6.21 Å². The van der Waals surface area contributed by atoms with E-state index in [1.54, 1.807) is 19.2 Å². The molecule has 0 aromatic heterocycles. The molecule has 0 spiro atoms. The van der Waals surface area contributed by atoms with E-state index in [-0.39, 0.29) is 12.5 Å². The Balaban J connectivity index is 1.54. The molecule has 3 aromatic carbocycles. The Morgan fingerprint density at radius 1 is 1.00 bits per heavy atom. The Morgan fingerprint density at radius 3 is 2.59 bits per heavy atom. The van der Waals surface area contributed by atoms with Crippen molar-refractivity contribution < 1.29 is 19.0 Å². The number of halogens is 1. The van der Waals surface area contributed by atoms with E-state index in [0.717, 1.165) is 22.3 Å². The number of carbonyl (C=O) groups is 1. The topological polar surface area (TPSA) is 69.2 Å². The molecule has 3 aromatic rings. The van der Waals surface area contributed by atoms with Gasteiger partial charge in [-0.1, -0.05) is 41.9 Å². The zero-order chi connectivity index (χ0) is 22.9. The molecule has 0 heterocycles. The van der Waals surface area contributed by atoms with Crippen LogP contribution in [0.15, 0.2) is 65.8 Å². The van der Waals surface area contributed by atoms with Crippen molar-refractivity contribution in [1.29, 1.82) is 0 Å². The van der Waals surface area contributed by atoms with Gasteiger partial charge in [0.25, 0.3) is 5.91 Å². The summed E-state index contributed by atoms with van der Waals surface area (Å²) >= 11 is 6.17. The number of hydrazone groups is 1. The summed E-state index contributed by atoms with van der Waals surface area (Å²) in [7, 11) is 1.56. The molecule has 0 unspecified atom stereocenters. The van der Waals surface area contributed by atoms with Crippen LogP contribution in [0.1, 0.15) is 22.3 Å². The third kappa shape index (κ3) is 6.25. The number of methoxy groups -OCH3 is 1. The van der Waals surface area contributed by atoms with E-state index in [1.807, 2.05) is 62.4 Å². The van der Waals surface area contributed by atoms with Crippen LogP contribution in [0.5, 0.6) is 17.2 Å². The van der Waals surface area contributed by atoms with Crippen LogP contribution < -0.4 is 19.6 Å². The van der Waals surface area contributed by atoms with Crippen LogP contribution in [0, 0.1) is 13.8 Å². The Kier molecular flexibility index (Phi) is 8.11. The van der Waals surface area contributed by atoms with Crippen LogP contribution in [0.2, 0.25) is 5.02 Å². The maximum atomic E-state index is 12.0. The van der Waals surface area contributed by atoms with E-state index < -0.39 is 0 Å². The normalized spacial score (nSPS) is 10.8. The lowest BCUT2D eigenvalue weighted by Gasteiger charge is -2.12. The van der Waals surface area contributed by atoms with Crippen molar-refractivity contribution in [1.82, 2.24) is 5.43 Å². The Morgan fingerprint density at radius 2 is 1.81 bits per heavy atom. The van der Waals surface area contributed by atoms with Gasteiger partial charge in [-0.25, -0.2) is 5.43 Å². The summed E-state index contributed by atoms with van der Waals surface area (Å²) in [5.41, 5.74) is 6.19. The quantitative estimate of drug-likeness (QED) is 0.363. The van der Waals surface area contributed by atoms with Crippen molar-refractivity contribution in [2.24, 2.45) is 5.10 Å². The number of carbonyl (C=O) groups excluding carboxylic acids is 1. The van der Waals surface area contributed by atoms with Crippen molar-refractivity contribution in [2.75, 3.05) is 13.7 Å². The zero-order valence-corrected chi connectivity index (χ0v) is 19.0. The van der Waals surface area contributed by atoms with E-state index in [9.17, 15) is 4.79 Å². The number of hydrogen-bond donors (Lipinski definition) is 1. The second-order valence-corrected chi connectivity index (χ2v) is 7.48. The predicted molar refractivity (Wildman–Crippen MR) is 126 cm³/mol. The first kappa shape index (κ1) is 23.2. The lowest BCUT2D eigenvalue weighted by atomic mass is 10.1. The molecule has 32 heavy (non-hydrogen) atoms. The second-order valence-electron chi connectivity index (χ2n) is 7.07. The maximum absolute atomic E-state index is 12.0. The Labute approximate surface area is 192 Å². The van der Waals surface area contributed by atoms with Gasteiger partial charge >= 0.3 is 0 Å². The summed E-state index contributed by atoms with van der Waals surface area (Å²) in [6.45, 7) is 4.14. The van der Waals surface area contributed by atoms with Gasteiger partial charge in [0, 0.05) is 10.6 Å². The second kappa shape index (κ2) is 11.2. The molecule has 1 amide bonds. The minimum absolute atomic E-state index is 0.125. The number of rotatable bonds is 9.